The van der Waals surface area contributed by atoms with E-state index >= 15 is 0 Å². The van der Waals surface area contributed by atoms with Crippen molar-refractivity contribution in [2.24, 2.45) is 0 Å². The summed E-state index contributed by atoms with van der Waals surface area (Å²) < 4.78 is 6.28. The number of nitrogens with one attached hydrogen (secondary N) is 2. The fraction of sp³-hybridized carbons (Fsp3) is 0.235. The average Bonchev–Trinajstić information content (AvgIpc) is 2.53. The van der Waals surface area contributed by atoms with E-state index in [2.05, 4.69) is 45.6 Å². The van der Waals surface area contributed by atoms with Gasteiger partial charge in [0.15, 0.2) is 5.11 Å². The maximum atomic E-state index is 5.41. The number of halogens is 1. The van der Waals surface area contributed by atoms with E-state index in [-0.39, 0.29) is 6.04 Å². The Balaban J connectivity index is 2.01. The number of benzene rings is 2. The van der Waals surface area contributed by atoms with Crippen molar-refractivity contribution in [2.45, 2.75) is 19.4 Å². The molecular formula is C17H19BrN2OS. The molecular weight excluding hydrogens is 360 g/mol. The molecule has 0 heterocycles. The third-order valence-corrected chi connectivity index (χ3v) is 4.06. The molecule has 1 atom stereocenters. The molecule has 0 amide bonds. The molecule has 0 bridgehead atoms. The fourth-order valence-electron chi connectivity index (χ4n) is 2.14. The van der Waals surface area contributed by atoms with Crippen molar-refractivity contribution in [2.75, 3.05) is 12.4 Å². The van der Waals surface area contributed by atoms with Gasteiger partial charge in [0.1, 0.15) is 5.75 Å². The van der Waals surface area contributed by atoms with Crippen LogP contribution in [0, 0.1) is 0 Å². The second kappa shape index (κ2) is 8.15. The highest BCUT2D eigenvalue weighted by atomic mass is 79.9. The van der Waals surface area contributed by atoms with Crippen LogP contribution in [0.5, 0.6) is 5.75 Å². The quantitative estimate of drug-likeness (QED) is 0.725. The van der Waals surface area contributed by atoms with Gasteiger partial charge in [-0.05, 0) is 48.5 Å². The number of rotatable bonds is 5. The van der Waals surface area contributed by atoms with Crippen LogP contribution in [0.25, 0.3) is 0 Å². The zero-order valence-electron chi connectivity index (χ0n) is 12.6. The number of thiocarbonyl (C=S) groups is 1. The molecule has 2 aromatic carbocycles. The largest absolute Gasteiger partial charge is 0.497 e. The lowest BCUT2D eigenvalue weighted by atomic mass is 10.1. The summed E-state index contributed by atoms with van der Waals surface area (Å²) in [7, 11) is 1.65. The number of methoxy groups -OCH3 is 1. The van der Waals surface area contributed by atoms with Gasteiger partial charge in [-0.2, -0.15) is 0 Å². The van der Waals surface area contributed by atoms with Gasteiger partial charge in [0.2, 0.25) is 0 Å². The highest BCUT2D eigenvalue weighted by Crippen LogP contribution is 2.20. The summed E-state index contributed by atoms with van der Waals surface area (Å²) in [6.07, 6.45) is 0.946. The molecule has 0 fully saturated rings. The number of ether oxygens (including phenoxy) is 1. The Morgan fingerprint density at radius 2 is 1.95 bits per heavy atom. The molecule has 0 unspecified atom stereocenters. The van der Waals surface area contributed by atoms with Crippen molar-refractivity contribution in [3.05, 3.63) is 58.6 Å². The molecule has 3 nitrogen and oxygen atoms in total. The summed E-state index contributed by atoms with van der Waals surface area (Å²) in [5.74, 6) is 0.799. The van der Waals surface area contributed by atoms with Crippen LogP contribution in [-0.4, -0.2) is 12.2 Å². The molecule has 0 saturated carbocycles. The lowest BCUT2D eigenvalue weighted by Gasteiger charge is -2.20. The van der Waals surface area contributed by atoms with E-state index in [9.17, 15) is 0 Å². The Hall–Kier alpha value is -1.59. The summed E-state index contributed by atoms with van der Waals surface area (Å²) in [6, 6.07) is 16.1. The van der Waals surface area contributed by atoms with Gasteiger partial charge in [-0.25, -0.2) is 0 Å². The third-order valence-electron chi connectivity index (χ3n) is 3.31. The van der Waals surface area contributed by atoms with Crippen LogP contribution in [0.3, 0.4) is 0 Å². The van der Waals surface area contributed by atoms with E-state index in [1.807, 2.05) is 36.4 Å². The minimum Gasteiger partial charge on any atom is -0.497 e. The first-order chi connectivity index (χ1) is 10.6. The number of hydrogen-bond donors (Lipinski definition) is 2. The van der Waals surface area contributed by atoms with Gasteiger partial charge in [0, 0.05) is 16.2 Å². The van der Waals surface area contributed by atoms with E-state index < -0.39 is 0 Å². The minimum absolute atomic E-state index is 0.179. The molecule has 2 N–H and O–H groups in total. The molecule has 0 aromatic heterocycles. The van der Waals surface area contributed by atoms with Gasteiger partial charge >= 0.3 is 0 Å². The topological polar surface area (TPSA) is 33.3 Å². The Morgan fingerprint density at radius 3 is 2.59 bits per heavy atom. The van der Waals surface area contributed by atoms with Crippen molar-refractivity contribution in [1.29, 1.82) is 0 Å². The van der Waals surface area contributed by atoms with Crippen LogP contribution in [0.4, 0.5) is 5.69 Å². The Bertz CT molecular complexity index is 631. The van der Waals surface area contributed by atoms with Crippen LogP contribution in [-0.2, 0) is 0 Å². The molecule has 0 saturated heterocycles. The van der Waals surface area contributed by atoms with Crippen molar-refractivity contribution in [3.8, 4) is 5.75 Å². The Labute approximate surface area is 145 Å². The molecule has 22 heavy (non-hydrogen) atoms. The Kier molecular flexibility index (Phi) is 6.21. The first-order valence-electron chi connectivity index (χ1n) is 7.09. The second-order valence-corrected chi connectivity index (χ2v) is 6.17. The molecule has 116 valence electrons. The number of hydrogen-bond acceptors (Lipinski definition) is 2. The van der Waals surface area contributed by atoms with Crippen LogP contribution in [0.1, 0.15) is 24.9 Å². The third kappa shape index (κ3) is 4.71. The van der Waals surface area contributed by atoms with Gasteiger partial charge in [0.05, 0.1) is 13.2 Å². The molecule has 0 aliphatic heterocycles. The van der Waals surface area contributed by atoms with Crippen LogP contribution >= 0.6 is 28.1 Å². The fourth-order valence-corrected chi connectivity index (χ4v) is 2.67. The van der Waals surface area contributed by atoms with Crippen LogP contribution < -0.4 is 15.4 Å². The highest BCUT2D eigenvalue weighted by Gasteiger charge is 2.10. The maximum Gasteiger partial charge on any atom is 0.171 e. The molecule has 0 aliphatic rings. The lowest BCUT2D eigenvalue weighted by Crippen LogP contribution is -2.32. The molecule has 0 radical (unpaired) electrons. The van der Waals surface area contributed by atoms with E-state index in [1.165, 1.54) is 5.56 Å². The van der Waals surface area contributed by atoms with Crippen molar-refractivity contribution in [3.63, 3.8) is 0 Å². The van der Waals surface area contributed by atoms with Crippen molar-refractivity contribution >= 4 is 38.9 Å². The second-order valence-electron chi connectivity index (χ2n) is 4.84. The van der Waals surface area contributed by atoms with Gasteiger partial charge in [0.25, 0.3) is 0 Å². The first kappa shape index (κ1) is 16.8. The van der Waals surface area contributed by atoms with E-state index in [0.29, 0.717) is 5.11 Å². The van der Waals surface area contributed by atoms with E-state index in [0.717, 1.165) is 22.3 Å². The summed E-state index contributed by atoms with van der Waals surface area (Å²) in [5.41, 5.74) is 2.11. The van der Waals surface area contributed by atoms with Crippen molar-refractivity contribution < 1.29 is 4.74 Å². The van der Waals surface area contributed by atoms with Gasteiger partial charge < -0.3 is 15.4 Å². The molecule has 0 spiro atoms. The molecule has 0 aliphatic carbocycles. The molecule has 2 rings (SSSR count). The predicted molar refractivity (Wildman–Crippen MR) is 99.5 cm³/mol. The zero-order chi connectivity index (χ0) is 15.9. The van der Waals surface area contributed by atoms with Crippen LogP contribution in [0.15, 0.2) is 53.0 Å². The number of anilines is 1. The van der Waals surface area contributed by atoms with Gasteiger partial charge in [-0.3, -0.25) is 0 Å². The van der Waals surface area contributed by atoms with Gasteiger partial charge in [-0.1, -0.05) is 41.1 Å². The summed E-state index contributed by atoms with van der Waals surface area (Å²) in [4.78, 5) is 0. The van der Waals surface area contributed by atoms with Crippen LogP contribution in [0.2, 0.25) is 0 Å². The average molecular weight is 379 g/mol. The SMILES string of the molecule is CC[C@H](NC(=S)Nc1cccc(OC)c1)c1ccc(Br)cc1. The van der Waals surface area contributed by atoms with Gasteiger partial charge in [-0.15, -0.1) is 0 Å². The zero-order valence-corrected chi connectivity index (χ0v) is 15.0. The maximum absolute atomic E-state index is 5.41. The normalized spacial score (nSPS) is 11.6. The highest BCUT2D eigenvalue weighted by molar-refractivity contribution is 9.10. The molecule has 2 aromatic rings. The minimum atomic E-state index is 0.179. The summed E-state index contributed by atoms with van der Waals surface area (Å²) in [6.45, 7) is 2.13. The summed E-state index contributed by atoms with van der Waals surface area (Å²) in [5, 5.41) is 7.15. The van der Waals surface area contributed by atoms with E-state index in [1.54, 1.807) is 7.11 Å². The monoisotopic (exact) mass is 378 g/mol. The first-order valence-corrected chi connectivity index (χ1v) is 8.29. The lowest BCUT2D eigenvalue weighted by molar-refractivity contribution is 0.415. The smallest absolute Gasteiger partial charge is 0.171 e. The molecule has 5 heteroatoms. The van der Waals surface area contributed by atoms with E-state index in [4.69, 9.17) is 17.0 Å². The summed E-state index contributed by atoms with van der Waals surface area (Å²) >= 11 is 8.87. The predicted octanol–water partition coefficient (Wildman–Crippen LogP) is 4.90. The van der Waals surface area contributed by atoms with Crippen molar-refractivity contribution in [1.82, 2.24) is 5.32 Å². The Morgan fingerprint density at radius 1 is 1.23 bits per heavy atom. The standard InChI is InChI=1S/C17H19BrN2OS/c1-3-16(12-7-9-13(18)10-8-12)20-17(22)19-14-5-4-6-15(11-14)21-2/h4-11,16H,3H2,1-2H3,(H2,19,20,22)/t16-/m0/s1.